The fourth-order valence-corrected chi connectivity index (χ4v) is 2.82. The first-order valence-electron chi connectivity index (χ1n) is 7.01. The van der Waals surface area contributed by atoms with Crippen LogP contribution >= 0.6 is 0 Å². The molecule has 1 amide bonds. The molecule has 0 spiro atoms. The lowest BCUT2D eigenvalue weighted by atomic mass is 9.76. The monoisotopic (exact) mass is 275 g/mol. The highest BCUT2D eigenvalue weighted by atomic mass is 16.4. The maximum atomic E-state index is 12.3. The Labute approximate surface area is 119 Å². The minimum Gasteiger partial charge on any atom is -0.481 e. The van der Waals surface area contributed by atoms with E-state index in [4.69, 9.17) is 0 Å². The molecule has 4 heteroatoms. The second-order valence-electron chi connectivity index (χ2n) is 5.84. The van der Waals surface area contributed by atoms with Crippen LogP contribution in [0.4, 0.5) is 0 Å². The van der Waals surface area contributed by atoms with E-state index >= 15 is 0 Å². The van der Waals surface area contributed by atoms with Gasteiger partial charge < -0.3 is 10.0 Å². The second kappa shape index (κ2) is 5.65. The molecule has 1 aliphatic heterocycles. The van der Waals surface area contributed by atoms with Crippen molar-refractivity contribution in [1.29, 1.82) is 0 Å². The topological polar surface area (TPSA) is 57.6 Å². The van der Waals surface area contributed by atoms with Crippen LogP contribution in [0.5, 0.6) is 0 Å². The summed E-state index contributed by atoms with van der Waals surface area (Å²) >= 11 is 0. The van der Waals surface area contributed by atoms with Crippen molar-refractivity contribution >= 4 is 11.9 Å². The van der Waals surface area contributed by atoms with E-state index in [2.05, 4.69) is 0 Å². The number of carboxylic acids is 1. The predicted octanol–water partition coefficient (Wildman–Crippen LogP) is 2.19. The Morgan fingerprint density at radius 3 is 2.45 bits per heavy atom. The molecule has 0 aliphatic carbocycles. The molecular formula is C16H21NO3. The molecule has 1 aliphatic rings. The molecule has 1 heterocycles. The number of likely N-dealkylation sites (tertiary alicyclic amines) is 1. The maximum Gasteiger partial charge on any atom is 0.311 e. The first-order chi connectivity index (χ1) is 9.45. The maximum absolute atomic E-state index is 12.3. The van der Waals surface area contributed by atoms with Crippen molar-refractivity contribution < 1.29 is 14.7 Å². The van der Waals surface area contributed by atoms with E-state index in [1.54, 1.807) is 4.90 Å². The van der Waals surface area contributed by atoms with Crippen molar-refractivity contribution in [2.45, 2.75) is 26.7 Å². The number of carbonyl (C=O) groups excluding carboxylic acids is 1. The smallest absolute Gasteiger partial charge is 0.311 e. The van der Waals surface area contributed by atoms with Gasteiger partial charge in [0.15, 0.2) is 0 Å². The Kier molecular flexibility index (Phi) is 4.12. The second-order valence-corrected chi connectivity index (χ2v) is 5.84. The Balaban J connectivity index is 2.05. The summed E-state index contributed by atoms with van der Waals surface area (Å²) in [5, 5.41) is 9.49. The zero-order valence-corrected chi connectivity index (χ0v) is 12.0. The first-order valence-corrected chi connectivity index (χ1v) is 7.01. The fraction of sp³-hybridized carbons (Fsp3) is 0.500. The van der Waals surface area contributed by atoms with Gasteiger partial charge in [0.1, 0.15) is 0 Å². The van der Waals surface area contributed by atoms with E-state index in [1.807, 2.05) is 44.2 Å². The van der Waals surface area contributed by atoms with Crippen LogP contribution in [-0.2, 0) is 16.0 Å². The van der Waals surface area contributed by atoms with E-state index in [-0.39, 0.29) is 11.8 Å². The number of hydrogen-bond acceptors (Lipinski definition) is 2. The Morgan fingerprint density at radius 1 is 1.30 bits per heavy atom. The molecule has 2 rings (SSSR count). The molecule has 1 unspecified atom stereocenters. The lowest BCUT2D eigenvalue weighted by Gasteiger charge is -2.28. The van der Waals surface area contributed by atoms with Gasteiger partial charge in [0.05, 0.1) is 11.8 Å². The van der Waals surface area contributed by atoms with Gasteiger partial charge >= 0.3 is 5.97 Å². The van der Waals surface area contributed by atoms with Gasteiger partial charge in [0.25, 0.3) is 0 Å². The SMILES string of the molecule is CC(C)C1(C(=O)O)CCN(C(=O)Cc2ccccc2)C1. The Morgan fingerprint density at radius 2 is 1.95 bits per heavy atom. The van der Waals surface area contributed by atoms with E-state index < -0.39 is 11.4 Å². The van der Waals surface area contributed by atoms with E-state index in [0.717, 1.165) is 5.56 Å². The summed E-state index contributed by atoms with van der Waals surface area (Å²) in [7, 11) is 0. The highest BCUT2D eigenvalue weighted by molar-refractivity contribution is 5.82. The molecular weight excluding hydrogens is 254 g/mol. The molecule has 20 heavy (non-hydrogen) atoms. The van der Waals surface area contributed by atoms with E-state index in [0.29, 0.717) is 25.9 Å². The number of carboxylic acid groups (broad SMARTS) is 1. The highest BCUT2D eigenvalue weighted by Crippen LogP contribution is 2.38. The normalized spacial score (nSPS) is 22.2. The minimum atomic E-state index is -0.789. The van der Waals surface area contributed by atoms with Crippen molar-refractivity contribution in [2.75, 3.05) is 13.1 Å². The molecule has 1 fully saturated rings. The van der Waals surface area contributed by atoms with Crippen LogP contribution < -0.4 is 0 Å². The molecule has 1 saturated heterocycles. The number of hydrogen-bond donors (Lipinski definition) is 1. The third kappa shape index (κ3) is 2.69. The standard InChI is InChI=1S/C16H21NO3/c1-12(2)16(15(19)20)8-9-17(11-16)14(18)10-13-6-4-3-5-7-13/h3-7,12H,8-11H2,1-2H3,(H,19,20). The lowest BCUT2D eigenvalue weighted by Crippen LogP contribution is -2.41. The van der Waals surface area contributed by atoms with Crippen molar-refractivity contribution in [3.63, 3.8) is 0 Å². The summed E-state index contributed by atoms with van der Waals surface area (Å²) in [6.07, 6.45) is 0.884. The largest absolute Gasteiger partial charge is 0.481 e. The molecule has 0 saturated carbocycles. The Bertz CT molecular complexity index is 498. The van der Waals surface area contributed by atoms with E-state index in [9.17, 15) is 14.7 Å². The van der Waals surface area contributed by atoms with Crippen molar-refractivity contribution in [1.82, 2.24) is 4.90 Å². The van der Waals surface area contributed by atoms with Crippen molar-refractivity contribution in [3.8, 4) is 0 Å². The molecule has 0 radical (unpaired) electrons. The number of benzene rings is 1. The van der Waals surface area contributed by atoms with Crippen LogP contribution in [0, 0.1) is 11.3 Å². The zero-order chi connectivity index (χ0) is 14.8. The highest BCUT2D eigenvalue weighted by Gasteiger charge is 2.48. The summed E-state index contributed by atoms with van der Waals surface area (Å²) in [5.74, 6) is -0.753. The number of rotatable bonds is 4. The number of aliphatic carboxylic acids is 1. The van der Waals surface area contributed by atoms with Gasteiger partial charge in [0, 0.05) is 13.1 Å². The average molecular weight is 275 g/mol. The zero-order valence-electron chi connectivity index (χ0n) is 12.0. The van der Waals surface area contributed by atoms with Gasteiger partial charge in [-0.25, -0.2) is 0 Å². The molecule has 1 atom stereocenters. The first kappa shape index (κ1) is 14.6. The predicted molar refractivity (Wildman–Crippen MR) is 76.2 cm³/mol. The molecule has 108 valence electrons. The van der Waals surface area contributed by atoms with Gasteiger partial charge in [-0.15, -0.1) is 0 Å². The molecule has 0 aromatic heterocycles. The number of amides is 1. The summed E-state index contributed by atoms with van der Waals surface area (Å²) in [6, 6.07) is 9.56. The van der Waals surface area contributed by atoms with Crippen molar-refractivity contribution in [2.24, 2.45) is 11.3 Å². The van der Waals surface area contributed by atoms with Gasteiger partial charge in [0.2, 0.25) is 5.91 Å². The van der Waals surface area contributed by atoms with Gasteiger partial charge in [-0.2, -0.15) is 0 Å². The fourth-order valence-electron chi connectivity index (χ4n) is 2.82. The molecule has 0 bridgehead atoms. The van der Waals surface area contributed by atoms with Gasteiger partial charge in [-0.3, -0.25) is 9.59 Å². The number of carbonyl (C=O) groups is 2. The van der Waals surface area contributed by atoms with Crippen LogP contribution in [0.3, 0.4) is 0 Å². The molecule has 1 aromatic rings. The van der Waals surface area contributed by atoms with Crippen LogP contribution in [0.25, 0.3) is 0 Å². The summed E-state index contributed by atoms with van der Waals surface area (Å²) in [4.78, 5) is 25.5. The van der Waals surface area contributed by atoms with Gasteiger partial charge in [-0.1, -0.05) is 44.2 Å². The summed E-state index contributed by atoms with van der Waals surface area (Å²) < 4.78 is 0. The number of nitrogens with zero attached hydrogens (tertiary/aromatic N) is 1. The van der Waals surface area contributed by atoms with Crippen LogP contribution in [-0.4, -0.2) is 35.0 Å². The quantitative estimate of drug-likeness (QED) is 0.916. The van der Waals surface area contributed by atoms with E-state index in [1.165, 1.54) is 0 Å². The third-order valence-electron chi connectivity index (χ3n) is 4.38. The van der Waals surface area contributed by atoms with Crippen LogP contribution in [0.2, 0.25) is 0 Å². The van der Waals surface area contributed by atoms with Gasteiger partial charge in [-0.05, 0) is 17.9 Å². The van der Waals surface area contributed by atoms with Crippen molar-refractivity contribution in [3.05, 3.63) is 35.9 Å². The Hall–Kier alpha value is -1.84. The lowest BCUT2D eigenvalue weighted by molar-refractivity contribution is -0.151. The molecule has 1 aromatic carbocycles. The molecule has 1 N–H and O–H groups in total. The van der Waals surface area contributed by atoms with Crippen LogP contribution in [0.1, 0.15) is 25.8 Å². The summed E-state index contributed by atoms with van der Waals surface area (Å²) in [5.41, 5.74) is 0.182. The third-order valence-corrected chi connectivity index (χ3v) is 4.38. The minimum absolute atomic E-state index is 0.0139. The molecule has 4 nitrogen and oxygen atoms in total. The average Bonchev–Trinajstić information content (AvgIpc) is 2.86. The van der Waals surface area contributed by atoms with Crippen LogP contribution in [0.15, 0.2) is 30.3 Å². The summed E-state index contributed by atoms with van der Waals surface area (Å²) in [6.45, 7) is 4.69.